The van der Waals surface area contributed by atoms with E-state index in [1.54, 1.807) is 42.5 Å². The Bertz CT molecular complexity index is 895. The number of carbonyl (C=O) groups excluding carboxylic acids is 1. The number of aliphatic carboxylic acids is 1. The number of carboxylic acids is 1. The largest absolute Gasteiger partial charge is 0.481 e. The number of carboxylic acid groups (broad SMARTS) is 1. The molecule has 6 nitrogen and oxygen atoms in total. The van der Waals surface area contributed by atoms with Gasteiger partial charge in [-0.1, -0.05) is 46.3 Å². The van der Waals surface area contributed by atoms with Crippen LogP contribution in [0.1, 0.15) is 11.1 Å². The first-order valence-electron chi connectivity index (χ1n) is 7.29. The predicted molar refractivity (Wildman–Crippen MR) is 98.0 cm³/mol. The summed E-state index contributed by atoms with van der Waals surface area (Å²) in [5.41, 5.74) is 1.29. The van der Waals surface area contributed by atoms with E-state index in [2.05, 4.69) is 21.2 Å². The van der Waals surface area contributed by atoms with Crippen LogP contribution in [0.4, 0.5) is 5.69 Å². The Morgan fingerprint density at radius 1 is 1.08 bits per heavy atom. The molecule has 132 valence electrons. The molecule has 0 aliphatic carbocycles. The van der Waals surface area contributed by atoms with Crippen molar-refractivity contribution in [3.05, 3.63) is 64.1 Å². The van der Waals surface area contributed by atoms with Gasteiger partial charge >= 0.3 is 5.97 Å². The average molecular weight is 426 g/mol. The number of benzene rings is 2. The zero-order valence-electron chi connectivity index (χ0n) is 13.1. The van der Waals surface area contributed by atoms with E-state index in [4.69, 9.17) is 5.11 Å². The van der Waals surface area contributed by atoms with Gasteiger partial charge in [0.15, 0.2) is 9.84 Å². The molecule has 0 spiro atoms. The van der Waals surface area contributed by atoms with Crippen molar-refractivity contribution >= 4 is 43.3 Å². The molecule has 2 N–H and O–H groups in total. The molecule has 0 unspecified atom stereocenters. The number of anilines is 1. The number of nitrogens with one attached hydrogen (secondary N) is 1. The zero-order valence-corrected chi connectivity index (χ0v) is 15.5. The van der Waals surface area contributed by atoms with Crippen LogP contribution in [0, 0.1) is 0 Å². The third kappa shape index (κ3) is 6.32. The second-order valence-corrected chi connectivity index (χ2v) is 8.42. The van der Waals surface area contributed by atoms with Crippen LogP contribution in [0.25, 0.3) is 0 Å². The molecule has 8 heteroatoms. The molecule has 0 heterocycles. The van der Waals surface area contributed by atoms with E-state index < -0.39 is 27.5 Å². The second kappa shape index (κ2) is 8.26. The number of sulfone groups is 1. The third-order valence-electron chi connectivity index (χ3n) is 3.26. The lowest BCUT2D eigenvalue weighted by atomic mass is 10.1. The highest BCUT2D eigenvalue weighted by Crippen LogP contribution is 2.17. The average Bonchev–Trinajstić information content (AvgIpc) is 2.47. The molecule has 0 saturated carbocycles. The fourth-order valence-corrected chi connectivity index (χ4v) is 3.98. The number of rotatable bonds is 7. The maximum absolute atomic E-state index is 12.2. The summed E-state index contributed by atoms with van der Waals surface area (Å²) in [4.78, 5) is 22.9. The van der Waals surface area contributed by atoms with Gasteiger partial charge in [0.2, 0.25) is 5.91 Å². The summed E-state index contributed by atoms with van der Waals surface area (Å²) < 4.78 is 25.2. The van der Waals surface area contributed by atoms with Gasteiger partial charge in [0.05, 0.1) is 12.2 Å². The minimum absolute atomic E-state index is 0.253. The molecule has 25 heavy (non-hydrogen) atoms. The van der Waals surface area contributed by atoms with Crippen LogP contribution in [-0.4, -0.2) is 31.2 Å². The van der Waals surface area contributed by atoms with Crippen molar-refractivity contribution in [2.75, 3.05) is 11.1 Å². The van der Waals surface area contributed by atoms with Crippen molar-refractivity contribution in [3.63, 3.8) is 0 Å². The van der Waals surface area contributed by atoms with Gasteiger partial charge in [-0.2, -0.15) is 0 Å². The number of hydrogen-bond donors (Lipinski definition) is 2. The molecule has 2 aromatic carbocycles. The van der Waals surface area contributed by atoms with E-state index in [9.17, 15) is 18.0 Å². The van der Waals surface area contributed by atoms with Gasteiger partial charge in [0, 0.05) is 10.2 Å². The van der Waals surface area contributed by atoms with Crippen molar-refractivity contribution < 1.29 is 23.1 Å². The Kier molecular flexibility index (Phi) is 6.33. The van der Waals surface area contributed by atoms with Crippen LogP contribution in [0.5, 0.6) is 0 Å². The molecule has 0 bridgehead atoms. The van der Waals surface area contributed by atoms with Gasteiger partial charge in [-0.3, -0.25) is 9.59 Å². The van der Waals surface area contributed by atoms with Crippen LogP contribution >= 0.6 is 15.9 Å². The van der Waals surface area contributed by atoms with Crippen molar-refractivity contribution in [1.29, 1.82) is 0 Å². The normalized spacial score (nSPS) is 11.1. The highest BCUT2D eigenvalue weighted by atomic mass is 79.9. The van der Waals surface area contributed by atoms with E-state index in [0.29, 0.717) is 16.8 Å². The predicted octanol–water partition coefficient (Wildman–Crippen LogP) is 2.63. The van der Waals surface area contributed by atoms with Gasteiger partial charge in [0.25, 0.3) is 0 Å². The van der Waals surface area contributed by atoms with Gasteiger partial charge in [-0.25, -0.2) is 8.42 Å². The first-order valence-corrected chi connectivity index (χ1v) is 9.91. The fourth-order valence-electron chi connectivity index (χ4n) is 2.28. The Morgan fingerprint density at radius 3 is 2.48 bits per heavy atom. The van der Waals surface area contributed by atoms with Gasteiger partial charge < -0.3 is 10.4 Å². The summed E-state index contributed by atoms with van der Waals surface area (Å²) in [6.07, 6.45) is -0.263. The lowest BCUT2D eigenvalue weighted by Crippen LogP contribution is -2.24. The molecule has 2 rings (SSSR count). The summed E-state index contributed by atoms with van der Waals surface area (Å²) in [5, 5.41) is 11.4. The van der Waals surface area contributed by atoms with E-state index in [-0.39, 0.29) is 12.2 Å². The van der Waals surface area contributed by atoms with E-state index in [1.807, 2.05) is 0 Å². The molecule has 0 aromatic heterocycles. The lowest BCUT2D eigenvalue weighted by Gasteiger charge is -2.10. The van der Waals surface area contributed by atoms with Crippen molar-refractivity contribution in [3.8, 4) is 0 Å². The topological polar surface area (TPSA) is 101 Å². The van der Waals surface area contributed by atoms with Crippen LogP contribution in [0.2, 0.25) is 0 Å². The molecule has 0 saturated heterocycles. The Labute approximate surface area is 153 Å². The maximum Gasteiger partial charge on any atom is 0.307 e. The molecule has 0 atom stereocenters. The summed E-state index contributed by atoms with van der Waals surface area (Å²) in [5.74, 6) is -2.67. The Morgan fingerprint density at radius 2 is 1.80 bits per heavy atom. The summed E-state index contributed by atoms with van der Waals surface area (Å²) in [6.45, 7) is 0. The molecular formula is C17H16BrNO5S. The first-order chi connectivity index (χ1) is 11.7. The zero-order chi connectivity index (χ0) is 18.4. The van der Waals surface area contributed by atoms with Crippen LogP contribution in [-0.2, 0) is 31.6 Å². The Balaban J connectivity index is 2.05. The summed E-state index contributed by atoms with van der Waals surface area (Å²) >= 11 is 3.27. The molecule has 2 aromatic rings. The van der Waals surface area contributed by atoms with E-state index >= 15 is 0 Å². The van der Waals surface area contributed by atoms with Crippen molar-refractivity contribution in [2.24, 2.45) is 0 Å². The van der Waals surface area contributed by atoms with Crippen LogP contribution in [0.15, 0.2) is 53.0 Å². The van der Waals surface area contributed by atoms with Crippen molar-refractivity contribution in [1.82, 2.24) is 0 Å². The van der Waals surface area contributed by atoms with Crippen LogP contribution < -0.4 is 5.32 Å². The lowest BCUT2D eigenvalue weighted by molar-refractivity contribution is -0.136. The minimum Gasteiger partial charge on any atom is -0.481 e. The fraction of sp³-hybridized carbons (Fsp3) is 0.176. The van der Waals surface area contributed by atoms with Crippen molar-refractivity contribution in [2.45, 2.75) is 12.2 Å². The minimum atomic E-state index is -3.66. The second-order valence-electron chi connectivity index (χ2n) is 5.44. The Hall–Kier alpha value is -2.19. The monoisotopic (exact) mass is 425 g/mol. The molecular weight excluding hydrogens is 410 g/mol. The maximum atomic E-state index is 12.2. The number of para-hydroxylation sites is 1. The standard InChI is InChI=1S/C17H16BrNO5S/c18-14-6-3-4-12(8-14)10-25(23,24)11-16(20)19-15-7-2-1-5-13(15)9-17(21)22/h1-8H,9-11H2,(H,19,20)(H,21,22). The quantitative estimate of drug-likeness (QED) is 0.709. The highest BCUT2D eigenvalue weighted by Gasteiger charge is 2.19. The highest BCUT2D eigenvalue weighted by molar-refractivity contribution is 9.10. The molecule has 0 fully saturated rings. The van der Waals surface area contributed by atoms with Gasteiger partial charge in [0.1, 0.15) is 5.75 Å². The van der Waals surface area contributed by atoms with Gasteiger partial charge in [-0.05, 0) is 29.3 Å². The van der Waals surface area contributed by atoms with E-state index in [0.717, 1.165) is 4.47 Å². The number of halogens is 1. The van der Waals surface area contributed by atoms with E-state index in [1.165, 1.54) is 6.07 Å². The first kappa shape index (κ1) is 19.1. The smallest absolute Gasteiger partial charge is 0.307 e. The molecule has 0 aliphatic heterocycles. The molecule has 0 aliphatic rings. The number of carbonyl (C=O) groups is 2. The van der Waals surface area contributed by atoms with Crippen LogP contribution in [0.3, 0.4) is 0 Å². The SMILES string of the molecule is O=C(O)Cc1ccccc1NC(=O)CS(=O)(=O)Cc1cccc(Br)c1. The number of hydrogen-bond acceptors (Lipinski definition) is 4. The molecule has 0 radical (unpaired) electrons. The summed E-state index contributed by atoms with van der Waals surface area (Å²) in [7, 11) is -3.66. The number of amides is 1. The van der Waals surface area contributed by atoms with Gasteiger partial charge in [-0.15, -0.1) is 0 Å². The third-order valence-corrected chi connectivity index (χ3v) is 5.23. The molecule has 1 amide bonds. The summed E-state index contributed by atoms with van der Waals surface area (Å²) in [6, 6.07) is 13.2.